The van der Waals surface area contributed by atoms with Crippen molar-refractivity contribution in [3.8, 4) is 5.75 Å². The van der Waals surface area contributed by atoms with Gasteiger partial charge in [-0.25, -0.2) is 0 Å². The molecule has 2 heterocycles. The fourth-order valence-electron chi connectivity index (χ4n) is 2.59. The minimum atomic E-state index is -0.0452. The van der Waals surface area contributed by atoms with Crippen LogP contribution in [-0.2, 0) is 0 Å². The lowest BCUT2D eigenvalue weighted by atomic mass is 9.87. The van der Waals surface area contributed by atoms with Crippen LogP contribution in [0, 0.1) is 0 Å². The molecule has 2 aromatic rings. The molecule has 0 radical (unpaired) electrons. The van der Waals surface area contributed by atoms with Gasteiger partial charge in [0, 0.05) is 0 Å². The van der Waals surface area contributed by atoms with Crippen molar-refractivity contribution in [1.82, 2.24) is 0 Å². The van der Waals surface area contributed by atoms with E-state index < -0.39 is 0 Å². The van der Waals surface area contributed by atoms with Crippen LogP contribution in [0.15, 0.2) is 47.1 Å². The highest BCUT2D eigenvalue weighted by atomic mass is 16.5. The number of nitrogens with two attached hydrogens (primary N) is 1. The third-order valence-corrected chi connectivity index (χ3v) is 3.53. The van der Waals surface area contributed by atoms with E-state index in [1.807, 2.05) is 24.3 Å². The number of hydrogen-bond donors (Lipinski definition) is 1. The molecular weight excluding hydrogens is 226 g/mol. The van der Waals surface area contributed by atoms with Gasteiger partial charge < -0.3 is 14.9 Å². The van der Waals surface area contributed by atoms with Crippen molar-refractivity contribution in [3.05, 3.63) is 54.0 Å². The number of rotatable bonds is 3. The zero-order chi connectivity index (χ0) is 12.4. The van der Waals surface area contributed by atoms with Crippen LogP contribution in [-0.4, -0.2) is 6.61 Å². The molecule has 18 heavy (non-hydrogen) atoms. The fourth-order valence-corrected chi connectivity index (χ4v) is 2.59. The normalized spacial score (nSPS) is 19.9. The van der Waals surface area contributed by atoms with E-state index in [2.05, 4.69) is 12.1 Å². The first-order chi connectivity index (χ1) is 8.84. The molecule has 0 aliphatic carbocycles. The molecule has 3 rings (SSSR count). The molecule has 2 unspecified atom stereocenters. The van der Waals surface area contributed by atoms with Gasteiger partial charge in [-0.2, -0.15) is 0 Å². The molecule has 3 heteroatoms. The molecule has 2 N–H and O–H groups in total. The minimum Gasteiger partial charge on any atom is -0.493 e. The van der Waals surface area contributed by atoms with Crippen LogP contribution < -0.4 is 10.5 Å². The second-order valence-electron chi connectivity index (χ2n) is 4.73. The Bertz CT molecular complexity index is 507. The molecule has 3 nitrogen and oxygen atoms in total. The van der Waals surface area contributed by atoms with Gasteiger partial charge in [0.25, 0.3) is 0 Å². The van der Waals surface area contributed by atoms with E-state index in [-0.39, 0.29) is 6.04 Å². The second-order valence-corrected chi connectivity index (χ2v) is 4.73. The second kappa shape index (κ2) is 4.86. The number of furan rings is 1. The Balaban J connectivity index is 1.78. The van der Waals surface area contributed by atoms with Gasteiger partial charge in [-0.05, 0) is 42.5 Å². The van der Waals surface area contributed by atoms with Crippen LogP contribution in [0.3, 0.4) is 0 Å². The zero-order valence-corrected chi connectivity index (χ0v) is 10.2. The lowest BCUT2D eigenvalue weighted by Gasteiger charge is -2.27. The van der Waals surface area contributed by atoms with E-state index >= 15 is 0 Å². The SMILES string of the molecule is NC(CC1CCOc2ccccc21)c1ccco1. The smallest absolute Gasteiger partial charge is 0.122 e. The molecule has 94 valence electrons. The molecule has 0 saturated carbocycles. The molecule has 1 aliphatic rings. The fraction of sp³-hybridized carbons (Fsp3) is 0.333. The Morgan fingerprint density at radius 1 is 1.22 bits per heavy atom. The molecular formula is C15H17NO2. The minimum absolute atomic E-state index is 0.0452. The lowest BCUT2D eigenvalue weighted by Crippen LogP contribution is -2.19. The van der Waals surface area contributed by atoms with Crippen molar-refractivity contribution in [2.45, 2.75) is 24.8 Å². The zero-order valence-electron chi connectivity index (χ0n) is 10.2. The number of hydrogen-bond acceptors (Lipinski definition) is 3. The highest BCUT2D eigenvalue weighted by Gasteiger charge is 2.24. The molecule has 0 fully saturated rings. The highest BCUT2D eigenvalue weighted by molar-refractivity contribution is 5.37. The molecule has 1 aliphatic heterocycles. The van der Waals surface area contributed by atoms with Crippen LogP contribution in [0.25, 0.3) is 0 Å². The van der Waals surface area contributed by atoms with E-state index in [1.54, 1.807) is 6.26 Å². The molecule has 1 aromatic heterocycles. The molecule has 0 saturated heterocycles. The van der Waals surface area contributed by atoms with Crippen molar-refractivity contribution in [1.29, 1.82) is 0 Å². The lowest BCUT2D eigenvalue weighted by molar-refractivity contribution is 0.256. The molecule has 0 bridgehead atoms. The number of ether oxygens (including phenoxy) is 1. The van der Waals surface area contributed by atoms with Crippen LogP contribution in [0.2, 0.25) is 0 Å². The van der Waals surface area contributed by atoms with E-state index in [0.29, 0.717) is 5.92 Å². The molecule has 0 amide bonds. The maximum atomic E-state index is 6.19. The predicted molar refractivity (Wildman–Crippen MR) is 69.5 cm³/mol. The summed E-state index contributed by atoms with van der Waals surface area (Å²) in [6.07, 6.45) is 3.59. The Morgan fingerprint density at radius 2 is 2.11 bits per heavy atom. The predicted octanol–water partition coefficient (Wildman–Crippen LogP) is 3.24. The number of para-hydroxylation sites is 1. The summed E-state index contributed by atoms with van der Waals surface area (Å²) in [6, 6.07) is 12.0. The molecule has 2 atom stereocenters. The van der Waals surface area contributed by atoms with Gasteiger partial charge in [0.2, 0.25) is 0 Å². The first kappa shape index (κ1) is 11.4. The topological polar surface area (TPSA) is 48.4 Å². The molecule has 0 spiro atoms. The van der Waals surface area contributed by atoms with E-state index in [0.717, 1.165) is 31.0 Å². The standard InChI is InChI=1S/C15H17NO2/c16-13(15-6-3-8-17-15)10-11-7-9-18-14-5-2-1-4-12(11)14/h1-6,8,11,13H,7,9-10,16H2. The van der Waals surface area contributed by atoms with Gasteiger partial charge in [-0.3, -0.25) is 0 Å². The van der Waals surface area contributed by atoms with E-state index in [9.17, 15) is 0 Å². The van der Waals surface area contributed by atoms with Crippen LogP contribution in [0.1, 0.15) is 36.1 Å². The summed E-state index contributed by atoms with van der Waals surface area (Å²) in [7, 11) is 0. The van der Waals surface area contributed by atoms with Crippen LogP contribution >= 0.6 is 0 Å². The summed E-state index contributed by atoms with van der Waals surface area (Å²) >= 11 is 0. The van der Waals surface area contributed by atoms with Crippen molar-refractivity contribution in [2.24, 2.45) is 5.73 Å². The monoisotopic (exact) mass is 243 g/mol. The van der Waals surface area contributed by atoms with Gasteiger partial charge in [-0.15, -0.1) is 0 Å². The average molecular weight is 243 g/mol. The van der Waals surface area contributed by atoms with Gasteiger partial charge in [0.05, 0.1) is 18.9 Å². The quantitative estimate of drug-likeness (QED) is 0.900. The number of benzene rings is 1. The Labute approximate surface area is 107 Å². The third-order valence-electron chi connectivity index (χ3n) is 3.53. The summed E-state index contributed by atoms with van der Waals surface area (Å²) in [5, 5.41) is 0. The van der Waals surface area contributed by atoms with Crippen molar-refractivity contribution in [2.75, 3.05) is 6.61 Å². The third kappa shape index (κ3) is 2.14. The Hall–Kier alpha value is -1.74. The first-order valence-corrected chi connectivity index (χ1v) is 6.35. The Kier molecular flexibility index (Phi) is 3.07. The van der Waals surface area contributed by atoms with Gasteiger partial charge in [-0.1, -0.05) is 18.2 Å². The summed E-state index contributed by atoms with van der Waals surface area (Å²) in [4.78, 5) is 0. The Morgan fingerprint density at radius 3 is 2.94 bits per heavy atom. The van der Waals surface area contributed by atoms with Crippen molar-refractivity contribution < 1.29 is 9.15 Å². The number of fused-ring (bicyclic) bond motifs is 1. The maximum Gasteiger partial charge on any atom is 0.122 e. The van der Waals surface area contributed by atoms with E-state index in [1.165, 1.54) is 5.56 Å². The highest BCUT2D eigenvalue weighted by Crippen LogP contribution is 2.38. The van der Waals surface area contributed by atoms with Crippen LogP contribution in [0.4, 0.5) is 0 Å². The van der Waals surface area contributed by atoms with Crippen molar-refractivity contribution in [3.63, 3.8) is 0 Å². The van der Waals surface area contributed by atoms with Gasteiger partial charge in [0.15, 0.2) is 0 Å². The molecule has 1 aromatic carbocycles. The summed E-state index contributed by atoms with van der Waals surface area (Å²) in [6.45, 7) is 0.770. The van der Waals surface area contributed by atoms with Crippen LogP contribution in [0.5, 0.6) is 5.75 Å². The van der Waals surface area contributed by atoms with Gasteiger partial charge in [0.1, 0.15) is 11.5 Å². The van der Waals surface area contributed by atoms with Crippen molar-refractivity contribution >= 4 is 0 Å². The maximum absolute atomic E-state index is 6.19. The van der Waals surface area contributed by atoms with E-state index in [4.69, 9.17) is 14.9 Å². The summed E-state index contributed by atoms with van der Waals surface area (Å²) < 4.78 is 11.0. The summed E-state index contributed by atoms with van der Waals surface area (Å²) in [5.74, 6) is 2.31. The first-order valence-electron chi connectivity index (χ1n) is 6.35. The average Bonchev–Trinajstić information content (AvgIpc) is 2.93. The van der Waals surface area contributed by atoms with Gasteiger partial charge >= 0.3 is 0 Å². The largest absolute Gasteiger partial charge is 0.493 e. The summed E-state index contributed by atoms with van der Waals surface area (Å²) in [5.41, 5.74) is 7.46.